The van der Waals surface area contributed by atoms with Gasteiger partial charge in [0.1, 0.15) is 11.9 Å². The molecule has 0 spiro atoms. The summed E-state index contributed by atoms with van der Waals surface area (Å²) in [7, 11) is 0. The molecule has 1 fully saturated rings. The van der Waals surface area contributed by atoms with Crippen molar-refractivity contribution in [1.29, 1.82) is 0 Å². The van der Waals surface area contributed by atoms with Crippen molar-refractivity contribution in [3.63, 3.8) is 0 Å². The van der Waals surface area contributed by atoms with Gasteiger partial charge in [0.25, 0.3) is 5.91 Å². The number of piperidine rings is 1. The van der Waals surface area contributed by atoms with Gasteiger partial charge in [0.05, 0.1) is 17.2 Å². The summed E-state index contributed by atoms with van der Waals surface area (Å²) in [6, 6.07) is 7.29. The third-order valence-corrected chi connectivity index (χ3v) is 6.31. The number of hydrogen-bond donors (Lipinski definition) is 0. The summed E-state index contributed by atoms with van der Waals surface area (Å²) < 4.78 is 58.8. The maximum atomic E-state index is 14.1. The van der Waals surface area contributed by atoms with E-state index in [1.54, 1.807) is 11.0 Å². The molecule has 4 rings (SSSR count). The van der Waals surface area contributed by atoms with Crippen LogP contribution in [0.4, 0.5) is 17.6 Å². The number of benzene rings is 1. The number of pyridine rings is 1. The Labute approximate surface area is 206 Å². The molecule has 1 aromatic carbocycles. The van der Waals surface area contributed by atoms with Crippen molar-refractivity contribution in [2.24, 2.45) is 5.92 Å². The largest absolute Gasteiger partial charge is 0.472 e. The summed E-state index contributed by atoms with van der Waals surface area (Å²) in [5.41, 5.74) is -0.307. The summed E-state index contributed by atoms with van der Waals surface area (Å²) in [5, 5.41) is 0. The molecule has 1 amide bonds. The molecule has 0 N–H and O–H groups in total. The molecule has 0 saturated carbocycles. The minimum absolute atomic E-state index is 0.0565. The van der Waals surface area contributed by atoms with Crippen molar-refractivity contribution in [2.45, 2.75) is 51.4 Å². The topological polar surface area (TPSA) is 68.2 Å². The number of halogens is 4. The Bertz CT molecular complexity index is 1190. The molecule has 2 aromatic heterocycles. The van der Waals surface area contributed by atoms with Crippen LogP contribution in [0.15, 0.2) is 55.0 Å². The maximum Gasteiger partial charge on any atom is 0.417 e. The zero-order valence-electron chi connectivity index (χ0n) is 19.9. The number of rotatable bonds is 6. The molecule has 0 aliphatic carbocycles. The van der Waals surface area contributed by atoms with E-state index in [1.807, 2.05) is 13.8 Å². The van der Waals surface area contributed by atoms with E-state index in [2.05, 4.69) is 15.0 Å². The molecule has 10 heteroatoms. The molecule has 3 unspecified atom stereocenters. The Hall–Kier alpha value is -3.56. The van der Waals surface area contributed by atoms with E-state index in [0.717, 1.165) is 18.7 Å². The van der Waals surface area contributed by atoms with Gasteiger partial charge < -0.3 is 9.64 Å². The summed E-state index contributed by atoms with van der Waals surface area (Å²) in [6.07, 6.45) is 0.784. The van der Waals surface area contributed by atoms with Crippen molar-refractivity contribution in [3.8, 4) is 17.3 Å². The zero-order valence-corrected chi connectivity index (χ0v) is 19.9. The first-order valence-corrected chi connectivity index (χ1v) is 11.7. The molecular formula is C26H26F4N4O2. The minimum Gasteiger partial charge on any atom is -0.472 e. The normalized spacial score (nSPS) is 19.1. The van der Waals surface area contributed by atoms with Crippen LogP contribution in [0, 0.1) is 11.7 Å². The first kappa shape index (κ1) is 25.5. The molecule has 190 valence electrons. The number of likely N-dealkylation sites (tertiary alicyclic amines) is 1. The Balaban J connectivity index is 1.63. The van der Waals surface area contributed by atoms with E-state index in [0.29, 0.717) is 19.4 Å². The highest BCUT2D eigenvalue weighted by atomic mass is 19.4. The van der Waals surface area contributed by atoms with Crippen LogP contribution in [-0.4, -0.2) is 44.4 Å². The van der Waals surface area contributed by atoms with E-state index < -0.39 is 23.7 Å². The van der Waals surface area contributed by atoms with Crippen molar-refractivity contribution in [2.75, 3.05) is 6.54 Å². The average Bonchev–Trinajstić information content (AvgIpc) is 2.87. The highest BCUT2D eigenvalue weighted by Crippen LogP contribution is 2.32. The first-order chi connectivity index (χ1) is 17.2. The van der Waals surface area contributed by atoms with Gasteiger partial charge >= 0.3 is 6.18 Å². The number of aromatic nitrogens is 3. The smallest absolute Gasteiger partial charge is 0.417 e. The molecule has 3 heterocycles. The number of hydrogen-bond acceptors (Lipinski definition) is 5. The molecule has 6 nitrogen and oxygen atoms in total. The van der Waals surface area contributed by atoms with Crippen LogP contribution in [0.5, 0.6) is 5.88 Å². The van der Waals surface area contributed by atoms with Gasteiger partial charge in [-0.25, -0.2) is 19.3 Å². The van der Waals surface area contributed by atoms with Crippen LogP contribution in [0.3, 0.4) is 0 Å². The Morgan fingerprint density at radius 1 is 1.14 bits per heavy atom. The molecule has 0 radical (unpaired) electrons. The monoisotopic (exact) mass is 502 g/mol. The second-order valence-corrected chi connectivity index (χ2v) is 8.92. The molecule has 1 saturated heterocycles. The fraction of sp³-hybridized carbons (Fsp3) is 0.385. The predicted molar refractivity (Wildman–Crippen MR) is 125 cm³/mol. The first-order valence-electron chi connectivity index (χ1n) is 11.7. The Kier molecular flexibility index (Phi) is 7.51. The van der Waals surface area contributed by atoms with Crippen LogP contribution >= 0.6 is 0 Å². The lowest BCUT2D eigenvalue weighted by atomic mass is 9.89. The fourth-order valence-corrected chi connectivity index (χ4v) is 4.48. The molecule has 1 aliphatic heterocycles. The average molecular weight is 503 g/mol. The number of amides is 1. The Morgan fingerprint density at radius 3 is 2.53 bits per heavy atom. The van der Waals surface area contributed by atoms with Gasteiger partial charge in [0.15, 0.2) is 5.82 Å². The molecule has 1 aliphatic rings. The predicted octanol–water partition coefficient (Wildman–Crippen LogP) is 5.79. The van der Waals surface area contributed by atoms with E-state index in [1.165, 1.54) is 36.7 Å². The van der Waals surface area contributed by atoms with Crippen LogP contribution < -0.4 is 4.74 Å². The lowest BCUT2D eigenvalue weighted by molar-refractivity contribution is -0.137. The fourth-order valence-electron chi connectivity index (χ4n) is 4.48. The van der Waals surface area contributed by atoms with Crippen molar-refractivity contribution in [1.82, 2.24) is 19.9 Å². The van der Waals surface area contributed by atoms with Crippen LogP contribution in [0.1, 0.15) is 49.0 Å². The summed E-state index contributed by atoms with van der Waals surface area (Å²) in [5.74, 6) is -0.304. The standard InChI is InChI=1S/C26H26F4N4O2/c1-3-22(36-23-10-6-17(14-33-23)26(28,29)30)21-9-5-16(2)15-34(21)25(35)19-8-7-18(27)13-20(19)24-31-11-4-12-32-24/h4,6-8,10-14,16,21-22H,3,5,9,15H2,1-2H3. The minimum atomic E-state index is -4.49. The van der Waals surface area contributed by atoms with Gasteiger partial charge in [0.2, 0.25) is 5.88 Å². The second kappa shape index (κ2) is 10.6. The maximum absolute atomic E-state index is 14.1. The summed E-state index contributed by atoms with van der Waals surface area (Å²) in [6.45, 7) is 4.38. The van der Waals surface area contributed by atoms with E-state index >= 15 is 0 Å². The zero-order chi connectivity index (χ0) is 25.9. The van der Waals surface area contributed by atoms with Crippen molar-refractivity contribution >= 4 is 5.91 Å². The number of alkyl halides is 3. The lowest BCUT2D eigenvalue weighted by Gasteiger charge is -2.42. The van der Waals surface area contributed by atoms with Gasteiger partial charge in [0, 0.05) is 36.8 Å². The number of ether oxygens (including phenoxy) is 1. The number of carbonyl (C=O) groups is 1. The molecule has 3 aromatic rings. The van der Waals surface area contributed by atoms with Gasteiger partial charge in [-0.3, -0.25) is 4.79 Å². The lowest BCUT2D eigenvalue weighted by Crippen LogP contribution is -2.53. The molecular weight excluding hydrogens is 476 g/mol. The van der Waals surface area contributed by atoms with Gasteiger partial charge in [-0.15, -0.1) is 0 Å². The number of nitrogens with zero attached hydrogens (tertiary/aromatic N) is 4. The Morgan fingerprint density at radius 2 is 1.89 bits per heavy atom. The van der Waals surface area contributed by atoms with Crippen molar-refractivity contribution < 1.29 is 27.1 Å². The number of carbonyl (C=O) groups excluding carboxylic acids is 1. The second-order valence-electron chi connectivity index (χ2n) is 8.92. The third-order valence-electron chi connectivity index (χ3n) is 6.31. The summed E-state index contributed by atoms with van der Waals surface area (Å²) >= 11 is 0. The van der Waals surface area contributed by atoms with Crippen LogP contribution in [0.2, 0.25) is 0 Å². The van der Waals surface area contributed by atoms with Crippen molar-refractivity contribution in [3.05, 3.63) is 71.9 Å². The highest BCUT2D eigenvalue weighted by molar-refractivity contribution is 6.00. The molecule has 0 bridgehead atoms. The van der Waals surface area contributed by atoms with Crippen LogP contribution in [0.25, 0.3) is 11.4 Å². The van der Waals surface area contributed by atoms with Gasteiger partial charge in [-0.2, -0.15) is 13.2 Å². The SMILES string of the molecule is CCC(Oc1ccc(C(F)(F)F)cn1)C1CCC(C)CN1C(=O)c1ccc(F)cc1-c1ncccn1. The third kappa shape index (κ3) is 5.63. The molecule has 3 atom stereocenters. The van der Waals surface area contributed by atoms with E-state index in [4.69, 9.17) is 4.74 Å². The van der Waals surface area contributed by atoms with E-state index in [-0.39, 0.29) is 40.7 Å². The molecule has 36 heavy (non-hydrogen) atoms. The quantitative estimate of drug-likeness (QED) is 0.399. The van der Waals surface area contributed by atoms with Gasteiger partial charge in [-0.1, -0.05) is 13.8 Å². The highest BCUT2D eigenvalue weighted by Gasteiger charge is 2.37. The summed E-state index contributed by atoms with van der Waals surface area (Å²) in [4.78, 5) is 27.7. The van der Waals surface area contributed by atoms with E-state index in [9.17, 15) is 22.4 Å². The van der Waals surface area contributed by atoms with Crippen LogP contribution in [-0.2, 0) is 6.18 Å². The van der Waals surface area contributed by atoms with Gasteiger partial charge in [-0.05, 0) is 55.5 Å².